The number of ketones is 1. The SMILES string of the molecule is O=C1C(=O)N(c2ccccc2)[C@@H](c2ccc3c(c2)OCO3)C1=C(O)c1ccccc1. The Labute approximate surface area is 172 Å². The quantitative estimate of drug-likeness (QED) is 0.409. The second-order valence-corrected chi connectivity index (χ2v) is 6.98. The molecule has 2 aliphatic rings. The van der Waals surface area contributed by atoms with Crippen molar-refractivity contribution in [1.29, 1.82) is 0 Å². The minimum absolute atomic E-state index is 0.0360. The molecular weight excluding hydrogens is 382 g/mol. The van der Waals surface area contributed by atoms with E-state index in [0.29, 0.717) is 28.3 Å². The van der Waals surface area contributed by atoms with E-state index in [1.807, 2.05) is 12.1 Å². The minimum Gasteiger partial charge on any atom is -0.507 e. The summed E-state index contributed by atoms with van der Waals surface area (Å²) >= 11 is 0. The number of amides is 1. The summed E-state index contributed by atoms with van der Waals surface area (Å²) in [4.78, 5) is 27.5. The number of aliphatic hydroxyl groups excluding tert-OH is 1. The predicted octanol–water partition coefficient (Wildman–Crippen LogP) is 4.04. The van der Waals surface area contributed by atoms with Gasteiger partial charge in [-0.1, -0.05) is 54.6 Å². The van der Waals surface area contributed by atoms with Crippen molar-refractivity contribution in [2.24, 2.45) is 0 Å². The number of para-hydroxylation sites is 1. The molecule has 0 spiro atoms. The molecule has 3 aromatic rings. The summed E-state index contributed by atoms with van der Waals surface area (Å²) in [5.41, 5.74) is 1.71. The van der Waals surface area contributed by atoms with Gasteiger partial charge >= 0.3 is 0 Å². The molecule has 1 amide bonds. The highest BCUT2D eigenvalue weighted by Crippen LogP contribution is 2.44. The molecule has 0 unspecified atom stereocenters. The van der Waals surface area contributed by atoms with Crippen LogP contribution in [0.3, 0.4) is 0 Å². The molecule has 6 nitrogen and oxygen atoms in total. The molecule has 1 fully saturated rings. The molecule has 148 valence electrons. The van der Waals surface area contributed by atoms with E-state index < -0.39 is 17.7 Å². The first-order valence-corrected chi connectivity index (χ1v) is 9.46. The highest BCUT2D eigenvalue weighted by molar-refractivity contribution is 6.51. The van der Waals surface area contributed by atoms with Crippen molar-refractivity contribution in [2.75, 3.05) is 11.7 Å². The van der Waals surface area contributed by atoms with Crippen molar-refractivity contribution in [3.8, 4) is 11.5 Å². The summed E-state index contributed by atoms with van der Waals surface area (Å²) in [6.45, 7) is 0.113. The van der Waals surface area contributed by atoms with E-state index in [1.54, 1.807) is 66.7 Å². The van der Waals surface area contributed by atoms with Crippen LogP contribution in [-0.4, -0.2) is 23.6 Å². The van der Waals surface area contributed by atoms with Gasteiger partial charge in [0, 0.05) is 11.3 Å². The molecule has 6 heteroatoms. The molecule has 0 radical (unpaired) electrons. The van der Waals surface area contributed by atoms with E-state index in [0.717, 1.165) is 0 Å². The van der Waals surface area contributed by atoms with Gasteiger partial charge in [-0.2, -0.15) is 0 Å². The maximum absolute atomic E-state index is 13.1. The zero-order chi connectivity index (χ0) is 20.7. The molecule has 30 heavy (non-hydrogen) atoms. The lowest BCUT2D eigenvalue weighted by Gasteiger charge is -2.25. The van der Waals surface area contributed by atoms with Crippen molar-refractivity contribution in [3.05, 3.63) is 95.6 Å². The Morgan fingerprint density at radius 1 is 0.867 bits per heavy atom. The van der Waals surface area contributed by atoms with Crippen LogP contribution in [0.2, 0.25) is 0 Å². The number of fused-ring (bicyclic) bond motifs is 1. The number of carbonyl (C=O) groups excluding carboxylic acids is 2. The lowest BCUT2D eigenvalue weighted by atomic mass is 9.95. The Balaban J connectivity index is 1.73. The fourth-order valence-corrected chi connectivity index (χ4v) is 3.84. The third kappa shape index (κ3) is 2.81. The molecule has 1 atom stereocenters. The van der Waals surface area contributed by atoms with Crippen LogP contribution in [0.15, 0.2) is 84.4 Å². The fourth-order valence-electron chi connectivity index (χ4n) is 3.84. The van der Waals surface area contributed by atoms with Gasteiger partial charge in [-0.05, 0) is 29.8 Å². The summed E-state index contributed by atoms with van der Waals surface area (Å²) in [6.07, 6.45) is 0. The van der Waals surface area contributed by atoms with Crippen LogP contribution in [0.4, 0.5) is 5.69 Å². The maximum atomic E-state index is 13.1. The van der Waals surface area contributed by atoms with Gasteiger partial charge in [0.2, 0.25) is 6.79 Å². The molecule has 0 aromatic heterocycles. The van der Waals surface area contributed by atoms with Gasteiger partial charge in [0.1, 0.15) is 5.76 Å². The van der Waals surface area contributed by atoms with E-state index >= 15 is 0 Å². The van der Waals surface area contributed by atoms with Gasteiger partial charge in [-0.3, -0.25) is 14.5 Å². The summed E-state index contributed by atoms with van der Waals surface area (Å²) in [6, 6.07) is 22.1. The van der Waals surface area contributed by atoms with E-state index in [4.69, 9.17) is 9.47 Å². The van der Waals surface area contributed by atoms with Crippen molar-refractivity contribution in [1.82, 2.24) is 0 Å². The highest BCUT2D eigenvalue weighted by Gasteiger charge is 2.47. The van der Waals surface area contributed by atoms with Crippen LogP contribution in [0.25, 0.3) is 5.76 Å². The molecule has 3 aromatic carbocycles. The number of nitrogens with zero attached hydrogens (tertiary/aromatic N) is 1. The van der Waals surface area contributed by atoms with Crippen LogP contribution < -0.4 is 14.4 Å². The average Bonchev–Trinajstić information content (AvgIpc) is 3.36. The predicted molar refractivity (Wildman–Crippen MR) is 110 cm³/mol. The molecular formula is C24H17NO5. The minimum atomic E-state index is -0.804. The molecule has 2 aliphatic heterocycles. The lowest BCUT2D eigenvalue weighted by Crippen LogP contribution is -2.29. The van der Waals surface area contributed by atoms with Crippen LogP contribution in [0, 0.1) is 0 Å². The Hall–Kier alpha value is -4.06. The molecule has 0 bridgehead atoms. The van der Waals surface area contributed by atoms with Crippen LogP contribution in [-0.2, 0) is 9.59 Å². The molecule has 5 rings (SSSR count). The van der Waals surface area contributed by atoms with E-state index in [2.05, 4.69) is 0 Å². The molecule has 1 saturated heterocycles. The zero-order valence-corrected chi connectivity index (χ0v) is 15.8. The van der Waals surface area contributed by atoms with Crippen molar-refractivity contribution in [3.63, 3.8) is 0 Å². The first-order valence-electron chi connectivity index (χ1n) is 9.46. The second-order valence-electron chi connectivity index (χ2n) is 6.98. The van der Waals surface area contributed by atoms with Gasteiger partial charge in [-0.15, -0.1) is 0 Å². The first-order chi connectivity index (χ1) is 14.6. The zero-order valence-electron chi connectivity index (χ0n) is 15.8. The van der Waals surface area contributed by atoms with Crippen LogP contribution in [0.1, 0.15) is 17.2 Å². The van der Waals surface area contributed by atoms with Crippen LogP contribution in [0.5, 0.6) is 11.5 Å². The van der Waals surface area contributed by atoms with E-state index in [1.165, 1.54) is 4.90 Å². The van der Waals surface area contributed by atoms with E-state index in [9.17, 15) is 14.7 Å². The Bertz CT molecular complexity index is 1170. The fraction of sp³-hybridized carbons (Fsp3) is 0.0833. The van der Waals surface area contributed by atoms with E-state index in [-0.39, 0.29) is 18.1 Å². The first kappa shape index (κ1) is 18.0. The Morgan fingerprint density at radius 3 is 2.27 bits per heavy atom. The third-order valence-corrected chi connectivity index (χ3v) is 5.24. The summed E-state index contributed by atoms with van der Waals surface area (Å²) in [5, 5.41) is 11.0. The van der Waals surface area contributed by atoms with Gasteiger partial charge in [-0.25, -0.2) is 0 Å². The summed E-state index contributed by atoms with van der Waals surface area (Å²) in [5.74, 6) is -0.511. The number of aliphatic hydroxyl groups is 1. The second kappa shape index (κ2) is 7.08. The van der Waals surface area contributed by atoms with Crippen molar-refractivity contribution >= 4 is 23.1 Å². The monoisotopic (exact) mass is 399 g/mol. The number of ether oxygens (including phenoxy) is 2. The topological polar surface area (TPSA) is 76.1 Å². The largest absolute Gasteiger partial charge is 0.507 e. The number of Topliss-reactive ketones (excluding diaryl/α,β-unsaturated/α-hetero) is 1. The average molecular weight is 399 g/mol. The molecule has 0 saturated carbocycles. The van der Waals surface area contributed by atoms with Gasteiger partial charge < -0.3 is 14.6 Å². The Morgan fingerprint density at radius 2 is 1.53 bits per heavy atom. The van der Waals surface area contributed by atoms with Gasteiger partial charge in [0.05, 0.1) is 11.6 Å². The standard InChI is InChI=1S/C24H17NO5/c26-22(15-7-3-1-4-8-15)20-21(16-11-12-18-19(13-16)30-14-29-18)25(24(28)23(20)27)17-9-5-2-6-10-17/h1-13,21,26H,14H2/t21-/m0/s1. The molecule has 1 N–H and O–H groups in total. The number of benzene rings is 3. The lowest BCUT2D eigenvalue weighted by molar-refractivity contribution is -0.132. The summed E-state index contributed by atoms with van der Waals surface area (Å²) < 4.78 is 10.9. The smallest absolute Gasteiger partial charge is 0.300 e. The normalized spacial score (nSPS) is 19.3. The van der Waals surface area contributed by atoms with Crippen molar-refractivity contribution < 1.29 is 24.2 Å². The number of hydrogen-bond acceptors (Lipinski definition) is 5. The van der Waals surface area contributed by atoms with Gasteiger partial charge in [0.25, 0.3) is 11.7 Å². The number of hydrogen-bond donors (Lipinski definition) is 1. The number of carbonyl (C=O) groups is 2. The summed E-state index contributed by atoms with van der Waals surface area (Å²) in [7, 11) is 0. The number of anilines is 1. The van der Waals surface area contributed by atoms with Gasteiger partial charge in [0.15, 0.2) is 11.5 Å². The maximum Gasteiger partial charge on any atom is 0.300 e. The highest BCUT2D eigenvalue weighted by atomic mass is 16.7. The number of rotatable bonds is 3. The van der Waals surface area contributed by atoms with Crippen molar-refractivity contribution in [2.45, 2.75) is 6.04 Å². The molecule has 0 aliphatic carbocycles. The molecule has 2 heterocycles. The van der Waals surface area contributed by atoms with Crippen LogP contribution >= 0.6 is 0 Å². The third-order valence-electron chi connectivity index (χ3n) is 5.24. The Kier molecular flexibility index (Phi) is 4.25.